The molecule has 1 aliphatic rings. The first-order valence-corrected chi connectivity index (χ1v) is 13.4. The molecule has 0 spiro atoms. The number of hydrogen-bond donors (Lipinski definition) is 5. The summed E-state index contributed by atoms with van der Waals surface area (Å²) in [7, 11) is 3.84. The molecule has 1 heterocycles. The van der Waals surface area contributed by atoms with E-state index in [0.29, 0.717) is 19.4 Å². The van der Waals surface area contributed by atoms with E-state index < -0.39 is 54.3 Å². The van der Waals surface area contributed by atoms with Crippen LogP contribution in [0.3, 0.4) is 0 Å². The lowest BCUT2D eigenvalue weighted by Crippen LogP contribution is -2.57. The smallest absolute Gasteiger partial charge is 0.255 e. The number of carbonyl (C=O) groups excluding carboxylic acids is 4. The van der Waals surface area contributed by atoms with Gasteiger partial charge in [0.05, 0.1) is 24.1 Å². The van der Waals surface area contributed by atoms with E-state index in [2.05, 4.69) is 21.3 Å². The minimum absolute atomic E-state index is 0.0151. The van der Waals surface area contributed by atoms with Crippen LogP contribution in [0, 0.1) is 0 Å². The van der Waals surface area contributed by atoms with Gasteiger partial charge in [-0.15, -0.1) is 0 Å². The molecule has 40 heavy (non-hydrogen) atoms. The molecule has 0 bridgehead atoms. The van der Waals surface area contributed by atoms with Crippen LogP contribution in [-0.2, 0) is 20.8 Å². The van der Waals surface area contributed by atoms with E-state index in [1.54, 1.807) is 24.3 Å². The molecule has 0 unspecified atom stereocenters. The van der Waals surface area contributed by atoms with Crippen molar-refractivity contribution >= 4 is 23.6 Å². The second kappa shape index (κ2) is 15.0. The van der Waals surface area contributed by atoms with Crippen molar-refractivity contribution in [2.45, 2.75) is 50.4 Å². The van der Waals surface area contributed by atoms with Gasteiger partial charge in [0, 0.05) is 6.54 Å². The standard InChI is InChI=1S/C29H39N5O6/c1-19(35)26-29(39)31-21(16-20-10-5-4-6-11-20)18-40-24-13-8-7-12-22(24)27(37)32-23(17-25(36)33-26)28(38)30-14-9-15-34(2)3/h4-8,10-13,19,21,23,26,35H,9,14-18H2,1-3H3,(H,30,38)(H,31,39)(H,32,37)(H,33,36)/t19-,21-,23+,26+/m1/s1. The molecule has 3 rings (SSSR count). The number of para-hydroxylation sites is 1. The Morgan fingerprint density at radius 2 is 1.75 bits per heavy atom. The molecule has 1 aliphatic heterocycles. The zero-order valence-electron chi connectivity index (χ0n) is 23.2. The van der Waals surface area contributed by atoms with Crippen molar-refractivity contribution in [2.75, 3.05) is 33.8 Å². The normalized spacial score (nSPS) is 21.1. The van der Waals surface area contributed by atoms with Crippen LogP contribution in [0.5, 0.6) is 5.75 Å². The topological polar surface area (TPSA) is 149 Å². The summed E-state index contributed by atoms with van der Waals surface area (Å²) >= 11 is 0. The third-order valence-electron chi connectivity index (χ3n) is 6.42. The van der Waals surface area contributed by atoms with Gasteiger partial charge in [-0.3, -0.25) is 19.2 Å². The third kappa shape index (κ3) is 9.35. The molecule has 216 valence electrons. The van der Waals surface area contributed by atoms with Gasteiger partial charge in [0.1, 0.15) is 24.4 Å². The highest BCUT2D eigenvalue weighted by atomic mass is 16.5. The summed E-state index contributed by atoms with van der Waals surface area (Å²) in [6, 6.07) is 13.0. The van der Waals surface area contributed by atoms with Crippen LogP contribution in [0.1, 0.15) is 35.7 Å². The fourth-order valence-electron chi connectivity index (χ4n) is 4.31. The van der Waals surface area contributed by atoms with Crippen molar-refractivity contribution < 1.29 is 29.0 Å². The molecule has 11 nitrogen and oxygen atoms in total. The number of aliphatic hydroxyl groups is 1. The van der Waals surface area contributed by atoms with Crippen molar-refractivity contribution in [1.82, 2.24) is 26.2 Å². The quantitative estimate of drug-likeness (QED) is 0.294. The number of nitrogens with one attached hydrogen (secondary N) is 4. The van der Waals surface area contributed by atoms with Crippen LogP contribution in [0.15, 0.2) is 54.6 Å². The van der Waals surface area contributed by atoms with Crippen molar-refractivity contribution in [3.63, 3.8) is 0 Å². The average molecular weight is 554 g/mol. The van der Waals surface area contributed by atoms with E-state index in [1.807, 2.05) is 49.3 Å². The minimum Gasteiger partial charge on any atom is -0.491 e. The first-order valence-electron chi connectivity index (χ1n) is 13.4. The van der Waals surface area contributed by atoms with Crippen molar-refractivity contribution in [1.29, 1.82) is 0 Å². The maximum Gasteiger partial charge on any atom is 0.255 e. The van der Waals surface area contributed by atoms with Gasteiger partial charge in [-0.05, 0) is 58.1 Å². The summed E-state index contributed by atoms with van der Waals surface area (Å²) in [5.41, 5.74) is 1.14. The van der Waals surface area contributed by atoms with Crippen LogP contribution >= 0.6 is 0 Å². The number of nitrogens with zero attached hydrogens (tertiary/aromatic N) is 1. The number of carbonyl (C=O) groups is 4. The van der Waals surface area contributed by atoms with Gasteiger partial charge in [-0.1, -0.05) is 42.5 Å². The maximum atomic E-state index is 13.3. The summed E-state index contributed by atoms with van der Waals surface area (Å²) in [6.45, 7) is 2.51. The molecule has 0 aromatic heterocycles. The highest BCUT2D eigenvalue weighted by molar-refractivity contribution is 6.01. The summed E-state index contributed by atoms with van der Waals surface area (Å²) in [6.07, 6.45) is -0.560. The molecule has 0 aliphatic carbocycles. The fourth-order valence-corrected chi connectivity index (χ4v) is 4.31. The number of aliphatic hydroxyl groups excluding tert-OH is 1. The van der Waals surface area contributed by atoms with Gasteiger partial charge in [-0.2, -0.15) is 0 Å². The Hall–Kier alpha value is -3.96. The fraction of sp³-hybridized carbons (Fsp3) is 0.448. The molecular weight excluding hydrogens is 514 g/mol. The number of rotatable bonds is 8. The van der Waals surface area contributed by atoms with E-state index >= 15 is 0 Å². The Balaban J connectivity index is 1.88. The van der Waals surface area contributed by atoms with Crippen molar-refractivity contribution in [2.24, 2.45) is 0 Å². The second-order valence-corrected chi connectivity index (χ2v) is 10.2. The maximum absolute atomic E-state index is 13.3. The summed E-state index contributed by atoms with van der Waals surface area (Å²) in [4.78, 5) is 54.5. The van der Waals surface area contributed by atoms with E-state index in [0.717, 1.165) is 12.1 Å². The monoisotopic (exact) mass is 553 g/mol. The molecule has 0 fully saturated rings. The molecule has 0 radical (unpaired) electrons. The highest BCUT2D eigenvalue weighted by Gasteiger charge is 2.31. The zero-order valence-corrected chi connectivity index (χ0v) is 23.2. The average Bonchev–Trinajstić information content (AvgIpc) is 2.92. The largest absolute Gasteiger partial charge is 0.491 e. The predicted molar refractivity (Wildman–Crippen MR) is 150 cm³/mol. The third-order valence-corrected chi connectivity index (χ3v) is 6.42. The highest BCUT2D eigenvalue weighted by Crippen LogP contribution is 2.19. The lowest BCUT2D eigenvalue weighted by atomic mass is 10.0. The van der Waals surface area contributed by atoms with Gasteiger partial charge in [0.2, 0.25) is 17.7 Å². The minimum atomic E-state index is -1.28. The molecule has 2 aromatic carbocycles. The molecule has 0 saturated heterocycles. The van der Waals surface area contributed by atoms with Crippen LogP contribution in [0.2, 0.25) is 0 Å². The van der Waals surface area contributed by atoms with Crippen LogP contribution < -0.4 is 26.0 Å². The molecule has 2 aromatic rings. The molecule has 0 saturated carbocycles. The van der Waals surface area contributed by atoms with Crippen molar-refractivity contribution in [3.8, 4) is 5.75 Å². The van der Waals surface area contributed by atoms with E-state index in [4.69, 9.17) is 4.74 Å². The first-order chi connectivity index (χ1) is 19.1. The Kier molecular flexibility index (Phi) is 11.5. The molecule has 4 atom stereocenters. The summed E-state index contributed by atoms with van der Waals surface area (Å²) < 4.78 is 6.02. The molecule has 11 heteroatoms. The predicted octanol–water partition coefficient (Wildman–Crippen LogP) is 0.229. The molecule has 4 amide bonds. The van der Waals surface area contributed by atoms with E-state index in [9.17, 15) is 24.3 Å². The van der Waals surface area contributed by atoms with Crippen LogP contribution in [-0.4, -0.2) is 91.7 Å². The van der Waals surface area contributed by atoms with Gasteiger partial charge in [-0.25, -0.2) is 0 Å². The molecular formula is C29H39N5O6. The molecule has 5 N–H and O–H groups in total. The van der Waals surface area contributed by atoms with Crippen LogP contribution in [0.4, 0.5) is 0 Å². The second-order valence-electron chi connectivity index (χ2n) is 10.2. The van der Waals surface area contributed by atoms with Crippen LogP contribution in [0.25, 0.3) is 0 Å². The number of ether oxygens (including phenoxy) is 1. The summed E-state index contributed by atoms with van der Waals surface area (Å²) in [5, 5.41) is 21.1. The van der Waals surface area contributed by atoms with Gasteiger partial charge >= 0.3 is 0 Å². The van der Waals surface area contributed by atoms with Gasteiger partial charge in [0.25, 0.3) is 5.91 Å². The number of fused-ring (bicyclic) bond motifs is 1. The van der Waals surface area contributed by atoms with Gasteiger partial charge < -0.3 is 36.0 Å². The SMILES string of the molecule is C[C@@H](O)[C@@H]1NC(=O)C[C@@H](C(=O)NCCCN(C)C)NC(=O)c2ccccc2OC[C@@H](Cc2ccccc2)NC1=O. The Labute approximate surface area is 234 Å². The summed E-state index contributed by atoms with van der Waals surface area (Å²) in [5.74, 6) is -2.10. The Morgan fingerprint density at radius 1 is 1.05 bits per heavy atom. The van der Waals surface area contributed by atoms with Gasteiger partial charge in [0.15, 0.2) is 0 Å². The number of benzene rings is 2. The van der Waals surface area contributed by atoms with E-state index in [1.165, 1.54) is 6.92 Å². The number of amides is 4. The number of hydrogen-bond acceptors (Lipinski definition) is 7. The Bertz CT molecular complexity index is 1160. The van der Waals surface area contributed by atoms with Crippen molar-refractivity contribution in [3.05, 3.63) is 65.7 Å². The zero-order chi connectivity index (χ0) is 29.1. The first kappa shape index (κ1) is 30.6. The lowest BCUT2D eigenvalue weighted by molar-refractivity contribution is -0.133. The lowest BCUT2D eigenvalue weighted by Gasteiger charge is -2.27. The Morgan fingerprint density at radius 3 is 2.45 bits per heavy atom. The van der Waals surface area contributed by atoms with E-state index in [-0.39, 0.29) is 17.9 Å².